The van der Waals surface area contributed by atoms with Crippen molar-refractivity contribution in [1.82, 2.24) is 0 Å². The second-order valence-electron chi connectivity index (χ2n) is 3.68. The third kappa shape index (κ3) is 3.98. The van der Waals surface area contributed by atoms with Gasteiger partial charge in [0.05, 0.1) is 6.10 Å². The zero-order valence-electron chi connectivity index (χ0n) is 9.36. The average Bonchev–Trinajstić information content (AvgIpc) is 2.17. The Hall–Kier alpha value is -1.57. The van der Waals surface area contributed by atoms with E-state index >= 15 is 0 Å². The van der Waals surface area contributed by atoms with E-state index in [0.717, 1.165) is 11.1 Å². The van der Waals surface area contributed by atoms with E-state index in [1.54, 1.807) is 0 Å². The first-order chi connectivity index (χ1) is 7.09. The van der Waals surface area contributed by atoms with Crippen molar-refractivity contribution in [2.75, 3.05) is 0 Å². The van der Waals surface area contributed by atoms with Gasteiger partial charge >= 0.3 is 5.97 Å². The number of carbonyl (C=O) groups is 1. The van der Waals surface area contributed by atoms with Crippen LogP contribution in [0.25, 0.3) is 5.57 Å². The second kappa shape index (κ2) is 5.35. The normalized spacial score (nSPS) is 11.6. The van der Waals surface area contributed by atoms with E-state index in [9.17, 15) is 4.79 Å². The van der Waals surface area contributed by atoms with Gasteiger partial charge in [-0.25, -0.2) is 4.79 Å². The van der Waals surface area contributed by atoms with Crippen LogP contribution in [-0.2, 0) is 9.53 Å². The lowest BCUT2D eigenvalue weighted by atomic mass is 10.1. The first-order valence-corrected chi connectivity index (χ1v) is 5.04. The molecule has 0 N–H and O–H groups in total. The van der Waals surface area contributed by atoms with Gasteiger partial charge in [-0.2, -0.15) is 0 Å². The van der Waals surface area contributed by atoms with Crippen LogP contribution in [-0.4, -0.2) is 12.1 Å². The van der Waals surface area contributed by atoms with Crippen LogP contribution >= 0.6 is 0 Å². The molecule has 0 aliphatic carbocycles. The van der Waals surface area contributed by atoms with Crippen molar-refractivity contribution in [1.29, 1.82) is 0 Å². The lowest BCUT2D eigenvalue weighted by Crippen LogP contribution is -2.08. The largest absolute Gasteiger partial charge is 0.460 e. The van der Waals surface area contributed by atoms with E-state index in [2.05, 4.69) is 0 Å². The number of rotatable bonds is 3. The molecule has 0 aliphatic heterocycles. The van der Waals surface area contributed by atoms with Crippen LogP contribution in [0.1, 0.15) is 26.3 Å². The maximum atomic E-state index is 11.3. The number of allylic oxidation sites excluding steroid dienone is 1. The Morgan fingerprint density at radius 1 is 1.27 bits per heavy atom. The molecule has 1 rings (SSSR count). The van der Waals surface area contributed by atoms with Crippen molar-refractivity contribution < 1.29 is 9.53 Å². The molecule has 0 saturated heterocycles. The van der Waals surface area contributed by atoms with Gasteiger partial charge in [-0.15, -0.1) is 0 Å². The number of hydrogen-bond acceptors (Lipinski definition) is 2. The number of benzene rings is 1. The van der Waals surface area contributed by atoms with E-state index in [0.29, 0.717) is 0 Å². The van der Waals surface area contributed by atoms with Gasteiger partial charge in [-0.1, -0.05) is 30.3 Å². The van der Waals surface area contributed by atoms with E-state index in [1.807, 2.05) is 51.1 Å². The van der Waals surface area contributed by atoms with Crippen LogP contribution in [0.4, 0.5) is 0 Å². The van der Waals surface area contributed by atoms with Gasteiger partial charge < -0.3 is 4.74 Å². The minimum absolute atomic E-state index is 0.0719. The third-order valence-electron chi connectivity index (χ3n) is 1.92. The fraction of sp³-hybridized carbons (Fsp3) is 0.308. The lowest BCUT2D eigenvalue weighted by molar-refractivity contribution is -0.141. The number of ether oxygens (including phenoxy) is 1. The lowest BCUT2D eigenvalue weighted by Gasteiger charge is -2.06. The summed E-state index contributed by atoms with van der Waals surface area (Å²) < 4.78 is 5.03. The van der Waals surface area contributed by atoms with Crippen LogP contribution in [0.5, 0.6) is 0 Å². The topological polar surface area (TPSA) is 26.3 Å². The monoisotopic (exact) mass is 204 g/mol. The molecule has 80 valence electrons. The summed E-state index contributed by atoms with van der Waals surface area (Å²) in [5.41, 5.74) is 1.96. The molecule has 0 radical (unpaired) electrons. The Labute approximate surface area is 90.6 Å². The second-order valence-corrected chi connectivity index (χ2v) is 3.68. The maximum Gasteiger partial charge on any atom is 0.331 e. The van der Waals surface area contributed by atoms with Crippen molar-refractivity contribution in [2.45, 2.75) is 26.9 Å². The molecule has 0 atom stereocenters. The van der Waals surface area contributed by atoms with Crippen LogP contribution in [0.3, 0.4) is 0 Å². The van der Waals surface area contributed by atoms with Gasteiger partial charge in [0.2, 0.25) is 0 Å². The Morgan fingerprint density at radius 2 is 1.87 bits per heavy atom. The standard InChI is InChI=1S/C13H16O2/c1-10(2)15-13(14)9-11(3)12-7-5-4-6-8-12/h4-10H,1-3H3. The Bertz CT molecular complexity index is 350. The van der Waals surface area contributed by atoms with Gasteiger partial charge in [-0.05, 0) is 31.9 Å². The maximum absolute atomic E-state index is 11.3. The van der Waals surface area contributed by atoms with E-state index in [-0.39, 0.29) is 12.1 Å². The molecule has 0 aliphatic rings. The van der Waals surface area contributed by atoms with E-state index < -0.39 is 0 Å². The zero-order chi connectivity index (χ0) is 11.3. The van der Waals surface area contributed by atoms with E-state index in [1.165, 1.54) is 6.08 Å². The van der Waals surface area contributed by atoms with E-state index in [4.69, 9.17) is 4.74 Å². The summed E-state index contributed by atoms with van der Waals surface area (Å²) in [7, 11) is 0. The summed E-state index contributed by atoms with van der Waals surface area (Å²) in [5.74, 6) is -0.286. The number of esters is 1. The van der Waals surface area contributed by atoms with Crippen LogP contribution in [0, 0.1) is 0 Å². The highest BCUT2D eigenvalue weighted by molar-refractivity contribution is 5.90. The van der Waals surface area contributed by atoms with Crippen molar-refractivity contribution in [3.63, 3.8) is 0 Å². The Morgan fingerprint density at radius 3 is 2.40 bits per heavy atom. The van der Waals surface area contributed by atoms with Crippen molar-refractivity contribution >= 4 is 11.5 Å². The average molecular weight is 204 g/mol. The van der Waals surface area contributed by atoms with Gasteiger partial charge in [0.1, 0.15) is 0 Å². The highest BCUT2D eigenvalue weighted by Crippen LogP contribution is 2.12. The smallest absolute Gasteiger partial charge is 0.331 e. The molecule has 0 fully saturated rings. The third-order valence-corrected chi connectivity index (χ3v) is 1.92. The van der Waals surface area contributed by atoms with Gasteiger partial charge in [0.25, 0.3) is 0 Å². The highest BCUT2D eigenvalue weighted by Gasteiger charge is 2.03. The van der Waals surface area contributed by atoms with Crippen LogP contribution in [0.2, 0.25) is 0 Å². The molecule has 0 spiro atoms. The molecule has 0 saturated carbocycles. The minimum Gasteiger partial charge on any atom is -0.460 e. The molecule has 0 unspecified atom stereocenters. The van der Waals surface area contributed by atoms with Crippen molar-refractivity contribution in [3.05, 3.63) is 42.0 Å². The quantitative estimate of drug-likeness (QED) is 0.558. The van der Waals surface area contributed by atoms with Gasteiger partial charge in [0, 0.05) is 6.08 Å². The fourth-order valence-corrected chi connectivity index (χ4v) is 1.23. The predicted octanol–water partition coefficient (Wildman–Crippen LogP) is 3.04. The SMILES string of the molecule is CC(=CC(=O)OC(C)C)c1ccccc1. The molecule has 0 amide bonds. The highest BCUT2D eigenvalue weighted by atomic mass is 16.5. The molecular formula is C13H16O2. The molecule has 0 aromatic heterocycles. The summed E-state index contributed by atoms with van der Waals surface area (Å²) in [6.07, 6.45) is 1.45. The molecular weight excluding hydrogens is 188 g/mol. The van der Waals surface area contributed by atoms with Crippen LogP contribution < -0.4 is 0 Å². The molecule has 1 aromatic rings. The molecule has 15 heavy (non-hydrogen) atoms. The Balaban J connectivity index is 2.72. The first kappa shape index (κ1) is 11.5. The van der Waals surface area contributed by atoms with Gasteiger partial charge in [-0.3, -0.25) is 0 Å². The van der Waals surface area contributed by atoms with Gasteiger partial charge in [0.15, 0.2) is 0 Å². The molecule has 0 bridgehead atoms. The Kier molecular flexibility index (Phi) is 4.10. The van der Waals surface area contributed by atoms with Crippen molar-refractivity contribution in [2.24, 2.45) is 0 Å². The predicted molar refractivity (Wildman–Crippen MR) is 61.3 cm³/mol. The summed E-state index contributed by atoms with van der Waals surface area (Å²) in [6, 6.07) is 9.77. The zero-order valence-corrected chi connectivity index (χ0v) is 9.36. The summed E-state index contributed by atoms with van der Waals surface area (Å²) in [6.45, 7) is 5.57. The summed E-state index contributed by atoms with van der Waals surface area (Å²) >= 11 is 0. The van der Waals surface area contributed by atoms with Crippen LogP contribution in [0.15, 0.2) is 36.4 Å². The molecule has 2 nitrogen and oxygen atoms in total. The summed E-state index contributed by atoms with van der Waals surface area (Å²) in [4.78, 5) is 11.3. The first-order valence-electron chi connectivity index (χ1n) is 5.04. The summed E-state index contributed by atoms with van der Waals surface area (Å²) in [5, 5.41) is 0. The molecule has 0 heterocycles. The molecule has 1 aromatic carbocycles. The minimum atomic E-state index is -0.286. The number of hydrogen-bond donors (Lipinski definition) is 0. The van der Waals surface area contributed by atoms with Crippen molar-refractivity contribution in [3.8, 4) is 0 Å². The molecule has 2 heteroatoms. The number of carbonyl (C=O) groups excluding carboxylic acids is 1. The fourth-order valence-electron chi connectivity index (χ4n) is 1.23.